The number of carbonyl (C=O) groups excluding carboxylic acids is 1. The molecule has 2 rings (SSSR count). The van der Waals surface area contributed by atoms with Crippen LogP contribution in [0.1, 0.15) is 21.1 Å². The van der Waals surface area contributed by atoms with Gasteiger partial charge in [0.05, 0.1) is 5.56 Å². The minimum atomic E-state index is -4.63. The van der Waals surface area contributed by atoms with E-state index in [0.717, 1.165) is 11.2 Å². The third-order valence-corrected chi connectivity index (χ3v) is 2.82. The smallest absolute Gasteiger partial charge is 0.267 e. The van der Waals surface area contributed by atoms with Crippen molar-refractivity contribution in [3.63, 3.8) is 0 Å². The summed E-state index contributed by atoms with van der Waals surface area (Å²) in [4.78, 5) is 16.2. The van der Waals surface area contributed by atoms with Crippen LogP contribution in [-0.4, -0.2) is 20.8 Å². The largest absolute Gasteiger partial charge is 0.453 e. The Balaban J connectivity index is 2.10. The third-order valence-electron chi connectivity index (χ3n) is 1.95. The molecule has 0 aliphatic rings. The van der Waals surface area contributed by atoms with Crippen molar-refractivity contribution >= 4 is 17.2 Å². The van der Waals surface area contributed by atoms with E-state index >= 15 is 0 Å². The first-order valence-corrected chi connectivity index (χ1v) is 5.59. The van der Waals surface area contributed by atoms with Crippen molar-refractivity contribution in [2.45, 2.75) is 13.1 Å². The molecule has 9 heteroatoms. The molecule has 0 bridgehead atoms. The van der Waals surface area contributed by atoms with Gasteiger partial charge in [-0.2, -0.15) is 18.0 Å². The molecular formula is C9H7F3N4OS. The number of carbonyl (C=O) groups is 1. The van der Waals surface area contributed by atoms with Gasteiger partial charge in [-0.05, 0) is 13.0 Å². The Morgan fingerprint density at radius 3 is 2.72 bits per heavy atom. The summed E-state index contributed by atoms with van der Waals surface area (Å²) in [5.41, 5.74) is 2.54. The molecule has 2 aromatic rings. The molecule has 18 heavy (non-hydrogen) atoms. The lowest BCUT2D eigenvalue weighted by molar-refractivity contribution is -0.144. The Morgan fingerprint density at radius 2 is 2.22 bits per heavy atom. The van der Waals surface area contributed by atoms with Crippen molar-refractivity contribution in [1.82, 2.24) is 14.9 Å². The molecule has 96 valence electrons. The van der Waals surface area contributed by atoms with E-state index in [-0.39, 0.29) is 0 Å². The molecule has 0 spiro atoms. The maximum absolute atomic E-state index is 12.2. The van der Waals surface area contributed by atoms with Gasteiger partial charge in [0, 0.05) is 10.3 Å². The molecule has 0 radical (unpaired) electrons. The summed E-state index contributed by atoms with van der Waals surface area (Å²) < 4.78 is 36.6. The highest BCUT2D eigenvalue weighted by Gasteiger charge is 2.36. The van der Waals surface area contributed by atoms with Gasteiger partial charge in [0.1, 0.15) is 6.33 Å². The van der Waals surface area contributed by atoms with Gasteiger partial charge < -0.3 is 0 Å². The number of hydrogen-bond acceptors (Lipinski definition) is 4. The quantitative estimate of drug-likeness (QED) is 0.913. The zero-order valence-electron chi connectivity index (χ0n) is 9.02. The minimum absolute atomic E-state index is 0.363. The number of hydrogen-bond donors (Lipinski definition) is 1. The highest BCUT2D eigenvalue weighted by molar-refractivity contribution is 7.10. The molecule has 0 aliphatic carbocycles. The van der Waals surface area contributed by atoms with Gasteiger partial charge in [-0.3, -0.25) is 4.79 Å². The molecule has 0 unspecified atom stereocenters. The van der Waals surface area contributed by atoms with Crippen LogP contribution in [0.5, 0.6) is 0 Å². The SMILES string of the molecule is Cc1cc(C(=O)Nn2cnc(C(F)(F)F)n2)cs1. The van der Waals surface area contributed by atoms with Gasteiger partial charge in [0.15, 0.2) is 0 Å². The first-order chi connectivity index (χ1) is 8.36. The summed E-state index contributed by atoms with van der Waals surface area (Å²) >= 11 is 1.37. The molecule has 2 aromatic heterocycles. The average molecular weight is 276 g/mol. The van der Waals surface area contributed by atoms with Crippen molar-refractivity contribution in [2.75, 3.05) is 5.43 Å². The van der Waals surface area contributed by atoms with Crippen LogP contribution in [0.3, 0.4) is 0 Å². The van der Waals surface area contributed by atoms with E-state index in [0.29, 0.717) is 10.4 Å². The van der Waals surface area contributed by atoms with Gasteiger partial charge in [-0.25, -0.2) is 10.4 Å². The zero-order chi connectivity index (χ0) is 13.3. The fraction of sp³-hybridized carbons (Fsp3) is 0.222. The number of halogens is 3. The predicted octanol–water partition coefficient (Wildman–Crippen LogP) is 2.05. The van der Waals surface area contributed by atoms with Crippen LogP contribution in [0.25, 0.3) is 0 Å². The van der Waals surface area contributed by atoms with Gasteiger partial charge in [0.2, 0.25) is 0 Å². The molecule has 5 nitrogen and oxygen atoms in total. The van der Waals surface area contributed by atoms with Gasteiger partial charge in [-0.15, -0.1) is 16.4 Å². The number of aromatic nitrogens is 3. The summed E-state index contributed by atoms with van der Waals surface area (Å²) in [7, 11) is 0. The van der Waals surface area contributed by atoms with Crippen LogP contribution < -0.4 is 5.43 Å². The first kappa shape index (κ1) is 12.6. The molecule has 0 saturated carbocycles. The highest BCUT2D eigenvalue weighted by atomic mass is 32.1. The van der Waals surface area contributed by atoms with Gasteiger partial charge >= 0.3 is 6.18 Å². The van der Waals surface area contributed by atoms with E-state index in [2.05, 4.69) is 15.5 Å². The molecule has 0 saturated heterocycles. The van der Waals surface area contributed by atoms with E-state index in [9.17, 15) is 18.0 Å². The number of aryl methyl sites for hydroxylation is 1. The maximum Gasteiger partial charge on any atom is 0.453 e. The van der Waals surface area contributed by atoms with E-state index in [4.69, 9.17) is 0 Å². The molecular weight excluding hydrogens is 269 g/mol. The highest BCUT2D eigenvalue weighted by Crippen LogP contribution is 2.25. The third kappa shape index (κ3) is 2.67. The van der Waals surface area contributed by atoms with E-state index < -0.39 is 17.9 Å². The molecule has 2 heterocycles. The summed E-state index contributed by atoms with van der Waals surface area (Å²) in [5, 5.41) is 4.71. The molecule has 1 N–H and O–H groups in total. The predicted molar refractivity (Wildman–Crippen MR) is 57.8 cm³/mol. The number of thiophene rings is 1. The fourth-order valence-corrected chi connectivity index (χ4v) is 1.86. The lowest BCUT2D eigenvalue weighted by Gasteiger charge is -2.02. The first-order valence-electron chi connectivity index (χ1n) is 4.71. The Kier molecular flexibility index (Phi) is 3.07. The normalized spacial score (nSPS) is 11.6. The van der Waals surface area contributed by atoms with Crippen molar-refractivity contribution in [1.29, 1.82) is 0 Å². The Labute approximate surface area is 103 Å². The Bertz CT molecular complexity index is 574. The average Bonchev–Trinajstić information content (AvgIpc) is 2.85. The second-order valence-corrected chi connectivity index (χ2v) is 4.51. The lowest BCUT2D eigenvalue weighted by Crippen LogP contribution is -2.23. The van der Waals surface area contributed by atoms with Crippen LogP contribution >= 0.6 is 11.3 Å². The Morgan fingerprint density at radius 1 is 1.50 bits per heavy atom. The minimum Gasteiger partial charge on any atom is -0.267 e. The second-order valence-electron chi connectivity index (χ2n) is 3.40. The van der Waals surface area contributed by atoms with Gasteiger partial charge in [0.25, 0.3) is 11.7 Å². The summed E-state index contributed by atoms with van der Waals surface area (Å²) in [6.07, 6.45) is -3.84. The van der Waals surface area contributed by atoms with Gasteiger partial charge in [-0.1, -0.05) is 0 Å². The van der Waals surface area contributed by atoms with Crippen LogP contribution in [0.4, 0.5) is 13.2 Å². The Hall–Kier alpha value is -1.90. The molecule has 0 fully saturated rings. The number of alkyl halides is 3. The van der Waals surface area contributed by atoms with Crippen LogP contribution in [0.15, 0.2) is 17.8 Å². The standard InChI is InChI=1S/C9H7F3N4OS/c1-5-2-6(3-18-5)7(17)14-16-4-13-8(15-16)9(10,11)12/h2-4H,1H3,(H,14,17). The zero-order valence-corrected chi connectivity index (χ0v) is 9.84. The lowest BCUT2D eigenvalue weighted by atomic mass is 10.3. The molecule has 0 aliphatic heterocycles. The molecule has 0 aromatic carbocycles. The number of nitrogens with zero attached hydrogens (tertiary/aromatic N) is 3. The summed E-state index contributed by atoms with van der Waals surface area (Å²) in [5.74, 6) is -1.85. The van der Waals surface area contributed by atoms with Crippen LogP contribution in [0.2, 0.25) is 0 Å². The summed E-state index contributed by atoms with van der Waals surface area (Å²) in [6.45, 7) is 1.82. The number of nitrogens with one attached hydrogen (secondary N) is 1. The molecule has 1 amide bonds. The van der Waals surface area contributed by atoms with E-state index in [1.54, 1.807) is 11.4 Å². The summed E-state index contributed by atoms with van der Waals surface area (Å²) in [6, 6.07) is 1.63. The van der Waals surface area contributed by atoms with Crippen LogP contribution in [0, 0.1) is 6.92 Å². The number of rotatable bonds is 2. The monoisotopic (exact) mass is 276 g/mol. The second kappa shape index (κ2) is 4.41. The topological polar surface area (TPSA) is 59.8 Å². The molecule has 0 atom stereocenters. The van der Waals surface area contributed by atoms with E-state index in [1.807, 2.05) is 6.92 Å². The van der Waals surface area contributed by atoms with E-state index in [1.165, 1.54) is 11.3 Å². The van der Waals surface area contributed by atoms with Crippen molar-refractivity contribution in [3.8, 4) is 0 Å². The van der Waals surface area contributed by atoms with Crippen molar-refractivity contribution in [3.05, 3.63) is 34.0 Å². The number of amides is 1. The van der Waals surface area contributed by atoms with Crippen LogP contribution in [-0.2, 0) is 6.18 Å². The van der Waals surface area contributed by atoms with Crippen molar-refractivity contribution in [2.24, 2.45) is 0 Å². The van der Waals surface area contributed by atoms with Crippen molar-refractivity contribution < 1.29 is 18.0 Å². The fourth-order valence-electron chi connectivity index (χ4n) is 1.18. The maximum atomic E-state index is 12.2.